The van der Waals surface area contributed by atoms with Crippen molar-refractivity contribution in [2.24, 2.45) is 4.99 Å². The molecule has 3 rings (SSSR count). The van der Waals surface area contributed by atoms with E-state index in [0.717, 1.165) is 6.42 Å². The molecule has 0 bridgehead atoms. The molecule has 0 N–H and O–H groups in total. The van der Waals surface area contributed by atoms with Crippen LogP contribution in [0.2, 0.25) is 5.02 Å². The average molecular weight is 416 g/mol. The maximum atomic E-state index is 12.3. The lowest BCUT2D eigenvalue weighted by molar-refractivity contribution is -0.129. The summed E-state index contributed by atoms with van der Waals surface area (Å²) in [4.78, 5) is 16.6. The van der Waals surface area contributed by atoms with Gasteiger partial charge in [-0.05, 0) is 61.4 Å². The summed E-state index contributed by atoms with van der Waals surface area (Å²) in [6, 6.07) is 10.6. The van der Waals surface area contributed by atoms with Gasteiger partial charge in [-0.2, -0.15) is 0 Å². The summed E-state index contributed by atoms with van der Waals surface area (Å²) in [7, 11) is 1.59. The maximum Gasteiger partial charge on any atom is 0.363 e. The molecule has 0 atom stereocenters. The highest BCUT2D eigenvalue weighted by Crippen LogP contribution is 2.37. The third kappa shape index (κ3) is 4.90. The highest BCUT2D eigenvalue weighted by molar-refractivity contribution is 6.32. The van der Waals surface area contributed by atoms with Gasteiger partial charge in [-0.25, -0.2) is 9.79 Å². The van der Waals surface area contributed by atoms with E-state index < -0.39 is 5.97 Å². The first-order valence-corrected chi connectivity index (χ1v) is 9.69. The zero-order chi connectivity index (χ0) is 20.8. The van der Waals surface area contributed by atoms with Gasteiger partial charge < -0.3 is 18.9 Å². The van der Waals surface area contributed by atoms with E-state index in [1.807, 2.05) is 13.8 Å². The van der Waals surface area contributed by atoms with E-state index in [-0.39, 0.29) is 11.6 Å². The molecule has 1 aliphatic heterocycles. The Morgan fingerprint density at radius 3 is 2.55 bits per heavy atom. The average Bonchev–Trinajstić information content (AvgIpc) is 3.08. The predicted molar refractivity (Wildman–Crippen MR) is 112 cm³/mol. The van der Waals surface area contributed by atoms with E-state index in [9.17, 15) is 4.79 Å². The second-order valence-corrected chi connectivity index (χ2v) is 6.58. The first-order valence-electron chi connectivity index (χ1n) is 9.31. The van der Waals surface area contributed by atoms with Crippen LogP contribution in [0.3, 0.4) is 0 Å². The van der Waals surface area contributed by atoms with Crippen LogP contribution in [0, 0.1) is 0 Å². The summed E-state index contributed by atoms with van der Waals surface area (Å²) in [5.74, 6) is 1.43. The topological polar surface area (TPSA) is 66.3 Å². The lowest BCUT2D eigenvalue weighted by atomic mass is 10.1. The van der Waals surface area contributed by atoms with Gasteiger partial charge in [0.15, 0.2) is 17.2 Å². The normalized spacial score (nSPS) is 14.6. The smallest absolute Gasteiger partial charge is 0.363 e. The van der Waals surface area contributed by atoms with Crippen molar-refractivity contribution in [1.82, 2.24) is 0 Å². The lowest BCUT2D eigenvalue weighted by Gasteiger charge is -2.14. The van der Waals surface area contributed by atoms with Gasteiger partial charge in [0.25, 0.3) is 0 Å². The number of esters is 1. The van der Waals surface area contributed by atoms with E-state index in [2.05, 4.69) is 4.99 Å². The Labute approximate surface area is 174 Å². The highest BCUT2D eigenvalue weighted by Gasteiger charge is 2.24. The number of methoxy groups -OCH3 is 1. The fourth-order valence-electron chi connectivity index (χ4n) is 2.70. The van der Waals surface area contributed by atoms with E-state index in [1.54, 1.807) is 49.6 Å². The quantitative estimate of drug-likeness (QED) is 0.454. The van der Waals surface area contributed by atoms with Crippen LogP contribution in [-0.2, 0) is 9.53 Å². The Kier molecular flexibility index (Phi) is 6.77. The van der Waals surface area contributed by atoms with Crippen LogP contribution in [0.5, 0.6) is 17.2 Å². The molecule has 0 radical (unpaired) electrons. The Bertz CT molecular complexity index is 950. The lowest BCUT2D eigenvalue weighted by Crippen LogP contribution is -2.05. The third-order valence-electron chi connectivity index (χ3n) is 4.04. The first-order chi connectivity index (χ1) is 14.0. The maximum absolute atomic E-state index is 12.3. The molecule has 0 aromatic heterocycles. The largest absolute Gasteiger partial charge is 0.497 e. The molecule has 1 heterocycles. The van der Waals surface area contributed by atoms with E-state index in [4.69, 9.17) is 30.5 Å². The Balaban J connectivity index is 1.91. The Morgan fingerprint density at radius 2 is 1.90 bits per heavy atom. The van der Waals surface area contributed by atoms with Gasteiger partial charge in [0.1, 0.15) is 5.75 Å². The number of benzene rings is 2. The minimum atomic E-state index is -0.531. The predicted octanol–water partition coefficient (Wildman–Crippen LogP) is 4.88. The van der Waals surface area contributed by atoms with E-state index in [1.165, 1.54) is 0 Å². The molecule has 2 aromatic carbocycles. The van der Waals surface area contributed by atoms with E-state index in [0.29, 0.717) is 46.6 Å². The van der Waals surface area contributed by atoms with E-state index >= 15 is 0 Å². The minimum Gasteiger partial charge on any atom is -0.497 e. The van der Waals surface area contributed by atoms with Gasteiger partial charge in [-0.15, -0.1) is 0 Å². The van der Waals surface area contributed by atoms with Crippen molar-refractivity contribution in [1.29, 1.82) is 0 Å². The second kappa shape index (κ2) is 9.47. The highest BCUT2D eigenvalue weighted by atomic mass is 35.5. The van der Waals surface area contributed by atoms with Gasteiger partial charge in [-0.1, -0.05) is 18.5 Å². The fraction of sp³-hybridized carbons (Fsp3) is 0.273. The minimum absolute atomic E-state index is 0.177. The molecule has 2 aromatic rings. The molecular formula is C22H22ClNO5. The molecule has 0 unspecified atom stereocenters. The first kappa shape index (κ1) is 20.7. The molecule has 152 valence electrons. The van der Waals surface area contributed by atoms with Crippen LogP contribution in [0.15, 0.2) is 47.1 Å². The number of carbonyl (C=O) groups is 1. The van der Waals surface area contributed by atoms with Crippen LogP contribution in [0.1, 0.15) is 31.4 Å². The number of ether oxygens (including phenoxy) is 4. The van der Waals surface area contributed by atoms with Gasteiger partial charge in [-0.3, -0.25) is 0 Å². The van der Waals surface area contributed by atoms with Crippen LogP contribution in [-0.4, -0.2) is 32.2 Å². The summed E-state index contributed by atoms with van der Waals surface area (Å²) >= 11 is 6.38. The zero-order valence-corrected chi connectivity index (χ0v) is 17.3. The molecule has 0 spiro atoms. The second-order valence-electron chi connectivity index (χ2n) is 6.18. The summed E-state index contributed by atoms with van der Waals surface area (Å²) in [5.41, 5.74) is 1.52. The molecule has 7 heteroatoms. The number of hydrogen-bond acceptors (Lipinski definition) is 6. The van der Waals surface area contributed by atoms with Crippen molar-refractivity contribution < 1.29 is 23.7 Å². The number of carbonyl (C=O) groups excluding carboxylic acids is 1. The molecule has 0 amide bonds. The molecule has 6 nitrogen and oxygen atoms in total. The molecule has 0 aliphatic carbocycles. The molecular weight excluding hydrogens is 394 g/mol. The number of hydrogen-bond donors (Lipinski definition) is 0. The molecule has 0 saturated heterocycles. The number of cyclic esters (lactones) is 1. The van der Waals surface area contributed by atoms with Crippen molar-refractivity contribution >= 4 is 29.5 Å². The zero-order valence-electron chi connectivity index (χ0n) is 16.5. The van der Waals surface area contributed by atoms with Crippen LogP contribution < -0.4 is 14.2 Å². The summed E-state index contributed by atoms with van der Waals surface area (Å²) in [6.45, 7) is 4.88. The Hall–Kier alpha value is -2.99. The number of rotatable bonds is 8. The standard InChI is InChI=1S/C22H22ClNO5/c1-4-10-28-20-17(23)11-14(13-19(20)27-5-2)12-18-22(25)29-21(24-18)15-6-8-16(26-3)9-7-15/h6-9,11-13H,4-5,10H2,1-3H3/b18-12-. The SMILES string of the molecule is CCCOc1c(Cl)cc(/C=C2\N=C(c3ccc(OC)cc3)OC2=O)cc1OCC. The van der Waals surface area contributed by atoms with Crippen molar-refractivity contribution in [2.75, 3.05) is 20.3 Å². The fourth-order valence-corrected chi connectivity index (χ4v) is 2.98. The van der Waals surface area contributed by atoms with Gasteiger partial charge in [0.05, 0.1) is 25.3 Å². The van der Waals surface area contributed by atoms with Crippen molar-refractivity contribution in [3.8, 4) is 17.2 Å². The van der Waals surface area contributed by atoms with Crippen molar-refractivity contribution in [3.05, 3.63) is 58.2 Å². The van der Waals surface area contributed by atoms with Crippen LogP contribution in [0.25, 0.3) is 6.08 Å². The molecule has 0 saturated carbocycles. The van der Waals surface area contributed by atoms with Gasteiger partial charge >= 0.3 is 5.97 Å². The monoisotopic (exact) mass is 415 g/mol. The molecule has 0 fully saturated rings. The summed E-state index contributed by atoms with van der Waals surface area (Å²) < 4.78 is 21.8. The molecule has 1 aliphatic rings. The Morgan fingerprint density at radius 1 is 1.14 bits per heavy atom. The summed E-state index contributed by atoms with van der Waals surface area (Å²) in [5, 5.41) is 0.405. The third-order valence-corrected chi connectivity index (χ3v) is 4.32. The van der Waals surface area contributed by atoms with Crippen LogP contribution >= 0.6 is 11.6 Å². The number of nitrogens with zero attached hydrogens (tertiary/aromatic N) is 1. The summed E-state index contributed by atoms with van der Waals surface area (Å²) in [6.07, 6.45) is 2.46. The van der Waals surface area contributed by atoms with Gasteiger partial charge in [0, 0.05) is 5.56 Å². The van der Waals surface area contributed by atoms with Crippen molar-refractivity contribution in [2.45, 2.75) is 20.3 Å². The van der Waals surface area contributed by atoms with Crippen LogP contribution in [0.4, 0.5) is 0 Å². The number of aliphatic imine (C=N–C) groups is 1. The van der Waals surface area contributed by atoms with Gasteiger partial charge in [0.2, 0.25) is 5.90 Å². The van der Waals surface area contributed by atoms with Crippen molar-refractivity contribution in [3.63, 3.8) is 0 Å². The molecule has 29 heavy (non-hydrogen) atoms. The number of halogens is 1.